The molecule has 1 N–H and O–H groups in total. The van der Waals surface area contributed by atoms with Crippen LogP contribution >= 0.6 is 0 Å². The van der Waals surface area contributed by atoms with Crippen LogP contribution in [0.2, 0.25) is 0 Å². The van der Waals surface area contributed by atoms with Gasteiger partial charge >= 0.3 is 6.18 Å². The monoisotopic (exact) mass is 516 g/mol. The number of carbonyl (C=O) groups is 1. The number of aromatic nitrogens is 7. The Hall–Kier alpha value is -4.23. The Morgan fingerprint density at radius 1 is 1.19 bits per heavy atom. The molecule has 1 saturated carbocycles. The first-order chi connectivity index (χ1) is 17.6. The first-order valence-electron chi connectivity index (χ1n) is 11.3. The van der Waals surface area contributed by atoms with Gasteiger partial charge in [-0.15, -0.1) is 0 Å². The highest BCUT2D eigenvalue weighted by molar-refractivity contribution is 5.92. The Balaban J connectivity index is 1.28. The molecule has 192 valence electrons. The van der Waals surface area contributed by atoms with E-state index in [1.165, 1.54) is 12.4 Å². The maximum Gasteiger partial charge on any atom is 0.403 e. The molecule has 1 fully saturated rings. The van der Waals surface area contributed by atoms with Gasteiger partial charge in [-0.3, -0.25) is 9.48 Å². The molecule has 0 unspecified atom stereocenters. The minimum Gasteiger partial charge on any atom is -0.338 e. The third-order valence-electron chi connectivity index (χ3n) is 6.26. The van der Waals surface area contributed by atoms with E-state index in [1.807, 2.05) is 0 Å². The summed E-state index contributed by atoms with van der Waals surface area (Å²) in [6, 6.07) is 4.86. The zero-order valence-corrected chi connectivity index (χ0v) is 19.7. The van der Waals surface area contributed by atoms with E-state index >= 15 is 4.39 Å². The fourth-order valence-corrected chi connectivity index (χ4v) is 3.89. The highest BCUT2D eigenvalue weighted by Gasteiger charge is 2.68. The lowest BCUT2D eigenvalue weighted by molar-refractivity contribution is -0.166. The van der Waals surface area contributed by atoms with Crippen LogP contribution in [0.4, 0.5) is 29.3 Å². The molecular weight excluding hydrogens is 496 g/mol. The average Bonchev–Trinajstić information content (AvgIpc) is 3.36. The molecule has 0 amide bonds. The second-order valence-electron chi connectivity index (χ2n) is 8.77. The molecule has 10 nitrogen and oxygen atoms in total. The summed E-state index contributed by atoms with van der Waals surface area (Å²) in [5.74, 6) is -1.37. The summed E-state index contributed by atoms with van der Waals surface area (Å²) in [6.45, 7) is 1.56. The minimum atomic E-state index is -4.52. The second kappa shape index (κ2) is 9.01. The van der Waals surface area contributed by atoms with E-state index in [9.17, 15) is 18.0 Å². The molecule has 37 heavy (non-hydrogen) atoms. The number of anilines is 2. The SMILES string of the molecule is Cc1c(CCC(=O)c2noc(C3(C(F)(F)F)CC3)n2)ccc(-c2ncnc(Nc3ccn(C)n3)n2)c1F. The van der Waals surface area contributed by atoms with Crippen LogP contribution in [0, 0.1) is 12.7 Å². The lowest BCUT2D eigenvalue weighted by Gasteiger charge is -2.13. The molecule has 0 bridgehead atoms. The standard InChI is InChI=1S/C23H20F4N8O2/c1-12-13(4-6-15(36)19-31-20(37-34-19)22(8-9-22)23(25,26)27)3-5-14(17(12)24)18-28-11-29-21(32-18)30-16-7-10-35(2)33-16/h3,5,7,10-11H,4,6,8-9H2,1-2H3,(H,28,29,30,32,33). The Bertz CT molecular complexity index is 1480. The number of alkyl halides is 3. The van der Waals surface area contributed by atoms with Crippen LogP contribution in [0.3, 0.4) is 0 Å². The number of ketones is 1. The molecule has 1 aliphatic rings. The van der Waals surface area contributed by atoms with Crippen molar-refractivity contribution in [3.05, 3.63) is 59.4 Å². The van der Waals surface area contributed by atoms with Gasteiger partial charge in [0.05, 0.1) is 5.56 Å². The summed E-state index contributed by atoms with van der Waals surface area (Å²) in [5.41, 5.74) is -1.19. The van der Waals surface area contributed by atoms with Gasteiger partial charge in [-0.05, 0) is 43.4 Å². The Morgan fingerprint density at radius 3 is 2.65 bits per heavy atom. The first kappa shape index (κ1) is 24.5. The number of Topliss-reactive ketones (excluding diaryl/α,β-unsaturated/α-hetero) is 1. The predicted molar refractivity (Wildman–Crippen MR) is 120 cm³/mol. The van der Waals surface area contributed by atoms with Gasteiger partial charge in [0, 0.05) is 25.7 Å². The number of nitrogens with zero attached hydrogens (tertiary/aromatic N) is 7. The lowest BCUT2D eigenvalue weighted by atomic mass is 9.98. The number of rotatable bonds is 8. The summed E-state index contributed by atoms with van der Waals surface area (Å²) < 4.78 is 61.4. The molecule has 1 aromatic carbocycles. The molecule has 4 aromatic rings. The predicted octanol–water partition coefficient (Wildman–Crippen LogP) is 4.26. The first-order valence-corrected chi connectivity index (χ1v) is 11.3. The van der Waals surface area contributed by atoms with Crippen molar-refractivity contribution in [1.29, 1.82) is 0 Å². The van der Waals surface area contributed by atoms with Crippen LogP contribution in [0.25, 0.3) is 11.4 Å². The molecule has 3 aromatic heterocycles. The third kappa shape index (κ3) is 4.66. The number of halogens is 4. The van der Waals surface area contributed by atoms with Gasteiger partial charge in [-0.2, -0.15) is 28.2 Å². The fraction of sp³-hybridized carbons (Fsp3) is 0.348. The number of benzene rings is 1. The minimum absolute atomic E-state index is 0.106. The molecule has 5 rings (SSSR count). The van der Waals surface area contributed by atoms with E-state index in [4.69, 9.17) is 4.52 Å². The van der Waals surface area contributed by atoms with E-state index in [1.54, 1.807) is 37.0 Å². The zero-order valence-electron chi connectivity index (χ0n) is 19.7. The summed E-state index contributed by atoms with van der Waals surface area (Å²) in [7, 11) is 1.76. The maximum absolute atomic E-state index is 15.2. The fourth-order valence-electron chi connectivity index (χ4n) is 3.89. The van der Waals surface area contributed by atoms with Gasteiger partial charge in [0.25, 0.3) is 0 Å². The summed E-state index contributed by atoms with van der Waals surface area (Å²) >= 11 is 0. The molecule has 0 atom stereocenters. The van der Waals surface area contributed by atoms with Crippen LogP contribution in [-0.4, -0.2) is 46.8 Å². The van der Waals surface area contributed by atoms with E-state index in [-0.39, 0.29) is 48.6 Å². The lowest BCUT2D eigenvalue weighted by Crippen LogP contribution is -2.29. The van der Waals surface area contributed by atoms with Gasteiger partial charge in [0.15, 0.2) is 11.6 Å². The molecule has 3 heterocycles. The van der Waals surface area contributed by atoms with Crippen molar-refractivity contribution in [2.75, 3.05) is 5.32 Å². The van der Waals surface area contributed by atoms with Crippen LogP contribution in [0.5, 0.6) is 0 Å². The Kier molecular flexibility index (Phi) is 5.96. The van der Waals surface area contributed by atoms with E-state index < -0.39 is 34.9 Å². The molecule has 1 aliphatic carbocycles. The Labute approximate surface area is 207 Å². The molecule has 0 saturated heterocycles. The topological polar surface area (TPSA) is 125 Å². The van der Waals surface area contributed by atoms with Crippen LogP contribution < -0.4 is 5.32 Å². The number of hydrogen-bond donors (Lipinski definition) is 1. The summed E-state index contributed by atoms with van der Waals surface area (Å²) in [4.78, 5) is 28.5. The zero-order chi connectivity index (χ0) is 26.4. The van der Waals surface area contributed by atoms with Crippen molar-refractivity contribution in [1.82, 2.24) is 34.9 Å². The highest BCUT2D eigenvalue weighted by atomic mass is 19.4. The van der Waals surface area contributed by atoms with Gasteiger partial charge in [-0.1, -0.05) is 11.2 Å². The largest absolute Gasteiger partial charge is 0.403 e. The Morgan fingerprint density at radius 2 is 1.97 bits per heavy atom. The third-order valence-corrected chi connectivity index (χ3v) is 6.26. The summed E-state index contributed by atoms with van der Waals surface area (Å²) in [5, 5.41) is 10.5. The number of carbonyl (C=O) groups excluding carboxylic acids is 1. The number of aryl methyl sites for hydroxylation is 2. The van der Waals surface area contributed by atoms with E-state index in [0.29, 0.717) is 11.4 Å². The molecule has 14 heteroatoms. The maximum atomic E-state index is 15.2. The molecule has 0 aliphatic heterocycles. The second-order valence-corrected chi connectivity index (χ2v) is 8.77. The number of nitrogens with one attached hydrogen (secondary N) is 1. The van der Waals surface area contributed by atoms with Crippen molar-refractivity contribution in [2.45, 2.75) is 44.2 Å². The van der Waals surface area contributed by atoms with Gasteiger partial charge in [0.1, 0.15) is 17.6 Å². The van der Waals surface area contributed by atoms with Crippen molar-refractivity contribution in [2.24, 2.45) is 7.05 Å². The highest BCUT2D eigenvalue weighted by Crippen LogP contribution is 2.58. The van der Waals surface area contributed by atoms with Crippen molar-refractivity contribution in [3.8, 4) is 11.4 Å². The van der Waals surface area contributed by atoms with Crippen molar-refractivity contribution in [3.63, 3.8) is 0 Å². The van der Waals surface area contributed by atoms with Crippen LogP contribution in [0.1, 0.15) is 46.9 Å². The molecule has 0 radical (unpaired) electrons. The van der Waals surface area contributed by atoms with E-state index in [2.05, 4.69) is 35.5 Å². The van der Waals surface area contributed by atoms with Gasteiger partial charge < -0.3 is 9.84 Å². The normalized spacial score (nSPS) is 14.5. The molecule has 0 spiro atoms. The van der Waals surface area contributed by atoms with Crippen molar-refractivity contribution < 1.29 is 26.9 Å². The number of hydrogen-bond acceptors (Lipinski definition) is 9. The summed E-state index contributed by atoms with van der Waals surface area (Å²) in [6.07, 6.45) is -1.86. The van der Waals surface area contributed by atoms with Gasteiger partial charge in [0.2, 0.25) is 23.4 Å². The average molecular weight is 516 g/mol. The quantitative estimate of drug-likeness (QED) is 0.270. The van der Waals surface area contributed by atoms with E-state index in [0.717, 1.165) is 0 Å². The van der Waals surface area contributed by atoms with Crippen molar-refractivity contribution >= 4 is 17.5 Å². The van der Waals surface area contributed by atoms with Gasteiger partial charge in [-0.25, -0.2) is 14.4 Å². The smallest absolute Gasteiger partial charge is 0.338 e. The van der Waals surface area contributed by atoms with Crippen LogP contribution in [-0.2, 0) is 18.9 Å². The van der Waals surface area contributed by atoms with Crippen LogP contribution in [0.15, 0.2) is 35.2 Å². The molecular formula is C23H20F4N8O2.